The molecule has 0 saturated carbocycles. The van der Waals surface area contributed by atoms with Gasteiger partial charge in [-0.1, -0.05) is 20.8 Å². The molecule has 0 amide bonds. The van der Waals surface area contributed by atoms with Crippen LogP contribution in [0.25, 0.3) is 0 Å². The number of hydrogen-bond donors (Lipinski definition) is 2. The van der Waals surface area contributed by atoms with E-state index in [9.17, 15) is 5.11 Å². The van der Waals surface area contributed by atoms with Gasteiger partial charge in [0.05, 0.1) is 6.10 Å². The molecule has 0 bridgehead atoms. The molecule has 1 atom stereocenters. The Labute approximate surface area is 119 Å². The minimum Gasteiger partial charge on any atom is -0.390 e. The average Bonchev–Trinajstić information content (AvgIpc) is 2.40. The molecule has 2 N–H and O–H groups in total. The Morgan fingerprint density at radius 1 is 1.26 bits per heavy atom. The fourth-order valence-electron chi connectivity index (χ4n) is 2.72. The molecule has 4 heteroatoms. The summed E-state index contributed by atoms with van der Waals surface area (Å²) < 4.78 is 0. The van der Waals surface area contributed by atoms with Crippen molar-refractivity contribution < 1.29 is 5.11 Å². The van der Waals surface area contributed by atoms with Gasteiger partial charge >= 0.3 is 0 Å². The highest BCUT2D eigenvalue weighted by molar-refractivity contribution is 4.83. The van der Waals surface area contributed by atoms with E-state index in [1.165, 1.54) is 25.9 Å². The summed E-state index contributed by atoms with van der Waals surface area (Å²) in [5, 5.41) is 13.5. The Balaban J connectivity index is 2.18. The van der Waals surface area contributed by atoms with Crippen molar-refractivity contribution in [2.45, 2.75) is 39.7 Å². The molecular weight excluding hydrogens is 238 g/mol. The van der Waals surface area contributed by atoms with Crippen molar-refractivity contribution in [2.24, 2.45) is 5.41 Å². The molecule has 1 saturated heterocycles. The molecule has 0 spiro atoms. The van der Waals surface area contributed by atoms with Gasteiger partial charge in [0.15, 0.2) is 0 Å². The number of likely N-dealkylation sites (N-methyl/N-ethyl adjacent to an activating group) is 1. The molecule has 1 rings (SSSR count). The number of likely N-dealkylation sites (tertiary alicyclic amines) is 1. The number of rotatable bonds is 8. The highest BCUT2D eigenvalue weighted by Gasteiger charge is 2.28. The Hall–Kier alpha value is -0.160. The molecule has 1 fully saturated rings. The average molecular weight is 271 g/mol. The zero-order valence-electron chi connectivity index (χ0n) is 13.3. The van der Waals surface area contributed by atoms with E-state index in [4.69, 9.17) is 0 Å². The largest absolute Gasteiger partial charge is 0.390 e. The highest BCUT2D eigenvalue weighted by atomic mass is 16.3. The minimum atomic E-state index is -0.255. The van der Waals surface area contributed by atoms with Crippen molar-refractivity contribution in [3.8, 4) is 0 Å². The Bertz CT molecular complexity index is 236. The topological polar surface area (TPSA) is 38.7 Å². The predicted octanol–water partition coefficient (Wildman–Crippen LogP) is 1.01. The van der Waals surface area contributed by atoms with E-state index in [1.807, 2.05) is 0 Å². The Morgan fingerprint density at radius 3 is 2.37 bits per heavy atom. The predicted molar refractivity (Wildman–Crippen MR) is 81.5 cm³/mol. The molecule has 1 aliphatic rings. The second-order valence-electron chi connectivity index (χ2n) is 6.38. The second kappa shape index (κ2) is 8.20. The summed E-state index contributed by atoms with van der Waals surface area (Å²) in [6.07, 6.45) is 2.25. The molecule has 0 radical (unpaired) electrons. The van der Waals surface area contributed by atoms with E-state index in [0.29, 0.717) is 12.0 Å². The van der Waals surface area contributed by atoms with Gasteiger partial charge in [0, 0.05) is 19.6 Å². The van der Waals surface area contributed by atoms with Crippen LogP contribution in [0.15, 0.2) is 0 Å². The van der Waals surface area contributed by atoms with Crippen LogP contribution in [-0.2, 0) is 0 Å². The monoisotopic (exact) mass is 271 g/mol. The van der Waals surface area contributed by atoms with Gasteiger partial charge in [-0.05, 0) is 51.5 Å². The first kappa shape index (κ1) is 16.9. The minimum absolute atomic E-state index is 0.255. The summed E-state index contributed by atoms with van der Waals surface area (Å²) in [5.74, 6) is 0. The van der Waals surface area contributed by atoms with E-state index >= 15 is 0 Å². The third-order valence-electron chi connectivity index (χ3n) is 4.49. The van der Waals surface area contributed by atoms with E-state index in [1.54, 1.807) is 0 Å². The van der Waals surface area contributed by atoms with Gasteiger partial charge < -0.3 is 20.2 Å². The summed E-state index contributed by atoms with van der Waals surface area (Å²) in [6.45, 7) is 13.6. The molecule has 0 aromatic heterocycles. The van der Waals surface area contributed by atoms with Gasteiger partial charge in [-0.2, -0.15) is 0 Å². The lowest BCUT2D eigenvalue weighted by atomic mass is 9.80. The summed E-state index contributed by atoms with van der Waals surface area (Å²) in [5.41, 5.74) is 0.404. The van der Waals surface area contributed by atoms with Crippen molar-refractivity contribution in [2.75, 3.05) is 52.9 Å². The number of hydrogen-bond acceptors (Lipinski definition) is 4. The fraction of sp³-hybridized carbons (Fsp3) is 1.00. The summed E-state index contributed by atoms with van der Waals surface area (Å²) in [4.78, 5) is 4.67. The molecule has 0 aromatic rings. The summed E-state index contributed by atoms with van der Waals surface area (Å²) in [6, 6.07) is 0. The lowest BCUT2D eigenvalue weighted by Crippen LogP contribution is -2.45. The first-order valence-electron chi connectivity index (χ1n) is 7.79. The van der Waals surface area contributed by atoms with Crippen LogP contribution in [0.3, 0.4) is 0 Å². The van der Waals surface area contributed by atoms with Crippen LogP contribution in [0.1, 0.15) is 33.6 Å². The van der Waals surface area contributed by atoms with Gasteiger partial charge in [0.25, 0.3) is 0 Å². The molecular formula is C15H33N3O. The van der Waals surface area contributed by atoms with Crippen molar-refractivity contribution in [1.29, 1.82) is 0 Å². The molecule has 0 aromatic carbocycles. The van der Waals surface area contributed by atoms with Crippen LogP contribution >= 0.6 is 0 Å². The second-order valence-corrected chi connectivity index (χ2v) is 6.38. The maximum atomic E-state index is 10.0. The molecule has 1 heterocycles. The normalized spacial score (nSPS) is 21.8. The molecule has 114 valence electrons. The third kappa shape index (κ3) is 6.21. The quantitative estimate of drug-likeness (QED) is 0.691. The molecule has 4 nitrogen and oxygen atoms in total. The molecule has 0 aliphatic carbocycles. The zero-order valence-corrected chi connectivity index (χ0v) is 13.3. The van der Waals surface area contributed by atoms with Gasteiger partial charge in [-0.15, -0.1) is 0 Å². The lowest BCUT2D eigenvalue weighted by Gasteiger charge is -2.38. The van der Waals surface area contributed by atoms with Crippen molar-refractivity contribution >= 4 is 0 Å². The first-order chi connectivity index (χ1) is 8.99. The highest BCUT2D eigenvalue weighted by Crippen LogP contribution is 2.29. The smallest absolute Gasteiger partial charge is 0.0791 e. The fourth-order valence-corrected chi connectivity index (χ4v) is 2.72. The van der Waals surface area contributed by atoms with Crippen LogP contribution in [0.4, 0.5) is 0 Å². The van der Waals surface area contributed by atoms with Gasteiger partial charge in [0.1, 0.15) is 0 Å². The number of aliphatic hydroxyl groups is 1. The van der Waals surface area contributed by atoms with Gasteiger partial charge in [-0.25, -0.2) is 0 Å². The molecule has 1 unspecified atom stereocenters. The summed E-state index contributed by atoms with van der Waals surface area (Å²) >= 11 is 0. The van der Waals surface area contributed by atoms with Gasteiger partial charge in [-0.3, -0.25) is 0 Å². The Kier molecular flexibility index (Phi) is 7.29. The third-order valence-corrected chi connectivity index (χ3v) is 4.49. The van der Waals surface area contributed by atoms with Crippen molar-refractivity contribution in [1.82, 2.24) is 15.1 Å². The van der Waals surface area contributed by atoms with Crippen LogP contribution in [-0.4, -0.2) is 73.9 Å². The number of nitrogens with zero attached hydrogens (tertiary/aromatic N) is 2. The maximum Gasteiger partial charge on any atom is 0.0791 e. The van der Waals surface area contributed by atoms with E-state index in [-0.39, 0.29) is 6.10 Å². The van der Waals surface area contributed by atoms with E-state index in [2.05, 4.69) is 42.9 Å². The van der Waals surface area contributed by atoms with Gasteiger partial charge in [0.2, 0.25) is 0 Å². The maximum absolute atomic E-state index is 10.0. The standard InChI is InChI=1S/C15H33N3O/c1-5-18(6-2)12-14(19)11-16-13-15(3)7-9-17(4)10-8-15/h14,16,19H,5-13H2,1-4H3. The SMILES string of the molecule is CCN(CC)CC(O)CNCC1(C)CCN(C)CC1. The van der Waals surface area contributed by atoms with Crippen LogP contribution in [0, 0.1) is 5.41 Å². The van der Waals surface area contributed by atoms with Crippen LogP contribution in [0.5, 0.6) is 0 Å². The number of aliphatic hydroxyl groups excluding tert-OH is 1. The van der Waals surface area contributed by atoms with Crippen molar-refractivity contribution in [3.63, 3.8) is 0 Å². The number of nitrogens with one attached hydrogen (secondary N) is 1. The molecule has 19 heavy (non-hydrogen) atoms. The van der Waals surface area contributed by atoms with Crippen LogP contribution in [0.2, 0.25) is 0 Å². The Morgan fingerprint density at radius 2 is 1.84 bits per heavy atom. The molecule has 1 aliphatic heterocycles. The first-order valence-corrected chi connectivity index (χ1v) is 7.79. The summed E-state index contributed by atoms with van der Waals surface area (Å²) in [7, 11) is 2.20. The van der Waals surface area contributed by atoms with Crippen LogP contribution < -0.4 is 5.32 Å². The zero-order chi connectivity index (χ0) is 14.3. The van der Waals surface area contributed by atoms with E-state index in [0.717, 1.165) is 26.2 Å². The van der Waals surface area contributed by atoms with E-state index < -0.39 is 0 Å². The lowest BCUT2D eigenvalue weighted by molar-refractivity contribution is 0.102. The number of piperidine rings is 1. The van der Waals surface area contributed by atoms with Crippen molar-refractivity contribution in [3.05, 3.63) is 0 Å².